The van der Waals surface area contributed by atoms with E-state index in [0.29, 0.717) is 23.7 Å². The number of rotatable bonds is 7. The molecule has 1 amide bonds. The predicted molar refractivity (Wildman–Crippen MR) is 78.8 cm³/mol. The van der Waals surface area contributed by atoms with E-state index in [-0.39, 0.29) is 11.9 Å². The third-order valence-corrected chi connectivity index (χ3v) is 2.72. The summed E-state index contributed by atoms with van der Waals surface area (Å²) in [4.78, 5) is 23.0. The topological polar surface area (TPSA) is 67.4 Å². The number of amides is 1. The molecule has 0 aliphatic carbocycles. The van der Waals surface area contributed by atoms with Crippen molar-refractivity contribution in [2.24, 2.45) is 0 Å². The van der Waals surface area contributed by atoms with E-state index in [4.69, 9.17) is 0 Å². The van der Waals surface area contributed by atoms with Gasteiger partial charge in [0.1, 0.15) is 0 Å². The van der Waals surface area contributed by atoms with Gasteiger partial charge < -0.3 is 15.4 Å². The van der Waals surface area contributed by atoms with Crippen LogP contribution in [0.15, 0.2) is 24.3 Å². The summed E-state index contributed by atoms with van der Waals surface area (Å²) in [5.74, 6) is -0.413. The van der Waals surface area contributed by atoms with E-state index in [1.54, 1.807) is 24.3 Å². The quantitative estimate of drug-likeness (QED) is 0.592. The van der Waals surface area contributed by atoms with Crippen LogP contribution in [0.5, 0.6) is 0 Å². The van der Waals surface area contributed by atoms with Crippen LogP contribution in [0.2, 0.25) is 0 Å². The van der Waals surface area contributed by atoms with E-state index in [1.807, 2.05) is 0 Å². The molecule has 20 heavy (non-hydrogen) atoms. The Hall–Kier alpha value is -1.88. The molecular formula is C15H22N2O3. The standard InChI is InChI=1S/C15H22N2O3/c1-11(2)16-10-4-5-14(18)17-13-8-6-12(7-9-13)15(19)20-3/h6-9,11,16H,4-5,10H2,1-3H3,(H,17,18). The van der Waals surface area contributed by atoms with Crippen molar-refractivity contribution in [3.05, 3.63) is 29.8 Å². The first-order valence-corrected chi connectivity index (χ1v) is 6.74. The molecule has 1 aromatic carbocycles. The molecule has 5 nitrogen and oxygen atoms in total. The van der Waals surface area contributed by atoms with Gasteiger partial charge in [0.05, 0.1) is 12.7 Å². The lowest BCUT2D eigenvalue weighted by atomic mass is 10.2. The molecule has 0 aromatic heterocycles. The number of carbonyl (C=O) groups excluding carboxylic acids is 2. The minimum Gasteiger partial charge on any atom is -0.465 e. The molecule has 0 aliphatic rings. The van der Waals surface area contributed by atoms with Gasteiger partial charge in [0.2, 0.25) is 5.91 Å². The molecule has 0 saturated heterocycles. The zero-order chi connectivity index (χ0) is 15.0. The second-order valence-electron chi connectivity index (χ2n) is 4.83. The van der Waals surface area contributed by atoms with E-state index in [1.165, 1.54) is 7.11 Å². The van der Waals surface area contributed by atoms with Crippen molar-refractivity contribution >= 4 is 17.6 Å². The number of methoxy groups -OCH3 is 1. The molecule has 0 unspecified atom stereocenters. The molecule has 2 N–H and O–H groups in total. The molecule has 0 spiro atoms. The zero-order valence-electron chi connectivity index (χ0n) is 12.2. The molecule has 0 heterocycles. The maximum atomic E-state index is 11.7. The summed E-state index contributed by atoms with van der Waals surface area (Å²) >= 11 is 0. The molecule has 0 aliphatic heterocycles. The van der Waals surface area contributed by atoms with E-state index in [0.717, 1.165) is 13.0 Å². The lowest BCUT2D eigenvalue weighted by Gasteiger charge is -2.08. The van der Waals surface area contributed by atoms with E-state index < -0.39 is 0 Å². The monoisotopic (exact) mass is 278 g/mol. The fourth-order valence-corrected chi connectivity index (χ4v) is 1.67. The highest BCUT2D eigenvalue weighted by atomic mass is 16.5. The van der Waals surface area contributed by atoms with Gasteiger partial charge in [0, 0.05) is 18.2 Å². The second kappa shape index (κ2) is 8.32. The molecule has 0 fully saturated rings. The number of esters is 1. The number of benzene rings is 1. The van der Waals surface area contributed by atoms with Crippen LogP contribution >= 0.6 is 0 Å². The van der Waals surface area contributed by atoms with Gasteiger partial charge in [-0.05, 0) is 37.2 Å². The average molecular weight is 278 g/mol. The minimum absolute atomic E-state index is 0.0265. The highest BCUT2D eigenvalue weighted by molar-refractivity contribution is 5.92. The SMILES string of the molecule is COC(=O)c1ccc(NC(=O)CCCNC(C)C)cc1. The summed E-state index contributed by atoms with van der Waals surface area (Å²) < 4.78 is 4.61. The first kappa shape index (κ1) is 16.2. The Morgan fingerprint density at radius 2 is 1.85 bits per heavy atom. The maximum Gasteiger partial charge on any atom is 0.337 e. The van der Waals surface area contributed by atoms with Gasteiger partial charge in [-0.15, -0.1) is 0 Å². The Bertz CT molecular complexity index is 441. The number of nitrogens with one attached hydrogen (secondary N) is 2. The van der Waals surface area contributed by atoms with Gasteiger partial charge in [-0.1, -0.05) is 13.8 Å². The molecule has 0 radical (unpaired) electrons. The van der Waals surface area contributed by atoms with Crippen LogP contribution in [-0.2, 0) is 9.53 Å². The lowest BCUT2D eigenvalue weighted by Crippen LogP contribution is -2.24. The third kappa shape index (κ3) is 5.84. The Balaban J connectivity index is 2.36. The number of carbonyl (C=O) groups is 2. The summed E-state index contributed by atoms with van der Waals surface area (Å²) in [7, 11) is 1.34. The van der Waals surface area contributed by atoms with Crippen LogP contribution in [0.25, 0.3) is 0 Å². The largest absolute Gasteiger partial charge is 0.465 e. The Labute approximate surface area is 119 Å². The van der Waals surface area contributed by atoms with Gasteiger partial charge >= 0.3 is 5.97 Å². The summed E-state index contributed by atoms with van der Waals surface area (Å²) in [6.07, 6.45) is 1.27. The Morgan fingerprint density at radius 1 is 1.20 bits per heavy atom. The first-order chi connectivity index (χ1) is 9.52. The van der Waals surface area contributed by atoms with Crippen molar-refractivity contribution in [1.29, 1.82) is 0 Å². The summed E-state index contributed by atoms with van der Waals surface area (Å²) in [5.41, 5.74) is 1.14. The Morgan fingerprint density at radius 3 is 2.40 bits per heavy atom. The highest BCUT2D eigenvalue weighted by Gasteiger charge is 2.06. The molecule has 0 bridgehead atoms. The fourth-order valence-electron chi connectivity index (χ4n) is 1.67. The van der Waals surface area contributed by atoms with Crippen LogP contribution in [0.4, 0.5) is 5.69 Å². The number of hydrogen-bond donors (Lipinski definition) is 2. The maximum absolute atomic E-state index is 11.7. The predicted octanol–water partition coefficient (Wildman–Crippen LogP) is 2.19. The van der Waals surface area contributed by atoms with Gasteiger partial charge in [-0.3, -0.25) is 4.79 Å². The molecule has 1 rings (SSSR count). The fraction of sp³-hybridized carbons (Fsp3) is 0.467. The number of ether oxygens (including phenoxy) is 1. The normalized spacial score (nSPS) is 10.4. The van der Waals surface area contributed by atoms with Crippen molar-refractivity contribution in [2.45, 2.75) is 32.7 Å². The van der Waals surface area contributed by atoms with Crippen molar-refractivity contribution in [3.63, 3.8) is 0 Å². The van der Waals surface area contributed by atoms with E-state index >= 15 is 0 Å². The van der Waals surface area contributed by atoms with E-state index in [9.17, 15) is 9.59 Å². The number of anilines is 1. The van der Waals surface area contributed by atoms with Crippen molar-refractivity contribution in [1.82, 2.24) is 5.32 Å². The van der Waals surface area contributed by atoms with Gasteiger partial charge in [0.25, 0.3) is 0 Å². The van der Waals surface area contributed by atoms with E-state index in [2.05, 4.69) is 29.2 Å². The van der Waals surface area contributed by atoms with Crippen molar-refractivity contribution in [2.75, 3.05) is 19.0 Å². The smallest absolute Gasteiger partial charge is 0.337 e. The molecule has 0 saturated carbocycles. The van der Waals surface area contributed by atoms with Crippen LogP contribution in [-0.4, -0.2) is 31.6 Å². The van der Waals surface area contributed by atoms with Crippen LogP contribution in [0.1, 0.15) is 37.0 Å². The molecule has 5 heteroatoms. The summed E-state index contributed by atoms with van der Waals surface area (Å²) in [6.45, 7) is 4.97. The highest BCUT2D eigenvalue weighted by Crippen LogP contribution is 2.11. The van der Waals surface area contributed by atoms with Crippen LogP contribution < -0.4 is 10.6 Å². The van der Waals surface area contributed by atoms with Crippen molar-refractivity contribution < 1.29 is 14.3 Å². The zero-order valence-corrected chi connectivity index (χ0v) is 12.2. The van der Waals surface area contributed by atoms with Crippen LogP contribution in [0, 0.1) is 0 Å². The number of hydrogen-bond acceptors (Lipinski definition) is 4. The molecule has 1 aromatic rings. The minimum atomic E-state index is -0.386. The van der Waals surface area contributed by atoms with Gasteiger partial charge in [-0.2, -0.15) is 0 Å². The van der Waals surface area contributed by atoms with Crippen LogP contribution in [0.3, 0.4) is 0 Å². The average Bonchev–Trinajstić information content (AvgIpc) is 2.43. The molecular weight excluding hydrogens is 256 g/mol. The van der Waals surface area contributed by atoms with Crippen molar-refractivity contribution in [3.8, 4) is 0 Å². The third-order valence-electron chi connectivity index (χ3n) is 2.72. The van der Waals surface area contributed by atoms with Gasteiger partial charge in [0.15, 0.2) is 0 Å². The van der Waals surface area contributed by atoms with Gasteiger partial charge in [-0.25, -0.2) is 4.79 Å². The summed E-state index contributed by atoms with van der Waals surface area (Å²) in [5, 5.41) is 6.06. The lowest BCUT2D eigenvalue weighted by molar-refractivity contribution is -0.116. The second-order valence-corrected chi connectivity index (χ2v) is 4.83. The Kier molecular flexibility index (Phi) is 6.73. The first-order valence-electron chi connectivity index (χ1n) is 6.74. The molecule has 110 valence electrons. The summed E-state index contributed by atoms with van der Waals surface area (Å²) in [6, 6.07) is 7.07. The molecule has 0 atom stereocenters.